The normalized spacial score (nSPS) is 14.1. The molecule has 0 aromatic carbocycles. The third-order valence-corrected chi connectivity index (χ3v) is 4.55. The molecule has 1 atom stereocenters. The van der Waals surface area contributed by atoms with Crippen LogP contribution in [0, 0.1) is 0 Å². The first-order valence-electron chi connectivity index (χ1n) is 4.27. The van der Waals surface area contributed by atoms with Gasteiger partial charge in [0.25, 0.3) is 0 Å². The Balaban J connectivity index is 2.42. The predicted octanol–water partition coefficient (Wildman–Crippen LogP) is 2.67. The van der Waals surface area contributed by atoms with Crippen molar-refractivity contribution in [2.24, 2.45) is 0 Å². The zero-order chi connectivity index (χ0) is 12.2. The summed E-state index contributed by atoms with van der Waals surface area (Å²) in [5.74, 6) is 0.388. The van der Waals surface area contributed by atoms with Crippen molar-refractivity contribution in [2.45, 2.75) is 27.9 Å². The molecule has 0 saturated heterocycles. The van der Waals surface area contributed by atoms with Gasteiger partial charge in [0.15, 0.2) is 14.8 Å². The third kappa shape index (κ3) is 4.48. The van der Waals surface area contributed by atoms with E-state index in [4.69, 9.17) is 5.11 Å². The summed E-state index contributed by atoms with van der Waals surface area (Å²) < 4.78 is 37.1. The molecule has 1 aromatic rings. The van der Waals surface area contributed by atoms with Gasteiger partial charge in [-0.3, -0.25) is 0 Å². The first-order chi connectivity index (χ1) is 7.43. The van der Waals surface area contributed by atoms with E-state index in [1.165, 1.54) is 23.1 Å². The molecule has 0 radical (unpaired) electrons. The quantitative estimate of drug-likeness (QED) is 0.845. The molecule has 3 nitrogen and oxygen atoms in total. The molecule has 1 N–H and O–H groups in total. The zero-order valence-corrected chi connectivity index (χ0v) is 10.6. The lowest BCUT2D eigenvalue weighted by atomic mass is 10.4. The molecule has 0 spiro atoms. The SMILES string of the molecule is CCSc1nnc(SCC(O)C(F)(F)F)s1. The number of aliphatic hydroxyl groups excluding tert-OH is 1. The fraction of sp³-hybridized carbons (Fsp3) is 0.714. The molecule has 9 heteroatoms. The Morgan fingerprint density at radius 1 is 1.31 bits per heavy atom. The molecule has 0 saturated carbocycles. The van der Waals surface area contributed by atoms with E-state index in [1.54, 1.807) is 0 Å². The smallest absolute Gasteiger partial charge is 0.383 e. The van der Waals surface area contributed by atoms with Crippen LogP contribution in [-0.4, -0.2) is 39.1 Å². The highest BCUT2D eigenvalue weighted by atomic mass is 32.2. The Labute approximate surface area is 103 Å². The van der Waals surface area contributed by atoms with E-state index in [0.29, 0.717) is 4.34 Å². The second kappa shape index (κ2) is 6.08. The number of aliphatic hydroxyl groups is 1. The summed E-state index contributed by atoms with van der Waals surface area (Å²) in [4.78, 5) is 0. The maximum atomic E-state index is 12.0. The standard InChI is InChI=1S/C7H9F3N2OS3/c1-2-14-5-11-12-6(16-5)15-3-4(13)7(8,9)10/h4,13H,2-3H2,1H3. The van der Waals surface area contributed by atoms with Crippen LogP contribution >= 0.6 is 34.9 Å². The van der Waals surface area contributed by atoms with Gasteiger partial charge in [-0.15, -0.1) is 10.2 Å². The molecule has 0 aliphatic carbocycles. The number of hydrogen-bond acceptors (Lipinski definition) is 6. The molecule has 1 aromatic heterocycles. The number of thioether (sulfide) groups is 2. The molecular formula is C7H9F3N2OS3. The van der Waals surface area contributed by atoms with Crippen LogP contribution in [0.4, 0.5) is 13.2 Å². The number of hydrogen-bond donors (Lipinski definition) is 1. The zero-order valence-electron chi connectivity index (χ0n) is 8.19. The summed E-state index contributed by atoms with van der Waals surface area (Å²) in [5.41, 5.74) is 0. The molecule has 0 fully saturated rings. The molecular weight excluding hydrogens is 281 g/mol. The molecule has 0 aliphatic heterocycles. The molecule has 16 heavy (non-hydrogen) atoms. The minimum Gasteiger partial charge on any atom is -0.383 e. The highest BCUT2D eigenvalue weighted by Crippen LogP contribution is 2.31. The van der Waals surface area contributed by atoms with Crippen LogP contribution in [0.5, 0.6) is 0 Å². The Morgan fingerprint density at radius 3 is 2.38 bits per heavy atom. The van der Waals surface area contributed by atoms with Gasteiger partial charge in [0, 0.05) is 5.75 Å². The number of rotatable bonds is 5. The van der Waals surface area contributed by atoms with E-state index in [0.717, 1.165) is 21.9 Å². The van der Waals surface area contributed by atoms with Gasteiger partial charge in [0.05, 0.1) is 0 Å². The second-order valence-electron chi connectivity index (χ2n) is 2.64. The minimum atomic E-state index is -4.57. The monoisotopic (exact) mass is 290 g/mol. The van der Waals surface area contributed by atoms with E-state index in [1.807, 2.05) is 6.92 Å². The summed E-state index contributed by atoms with van der Waals surface area (Å²) in [6, 6.07) is 0. The lowest BCUT2D eigenvalue weighted by molar-refractivity contribution is -0.195. The van der Waals surface area contributed by atoms with E-state index in [2.05, 4.69) is 10.2 Å². The van der Waals surface area contributed by atoms with E-state index < -0.39 is 18.0 Å². The fourth-order valence-electron chi connectivity index (χ4n) is 0.682. The van der Waals surface area contributed by atoms with Crippen molar-refractivity contribution < 1.29 is 18.3 Å². The van der Waals surface area contributed by atoms with Crippen molar-refractivity contribution in [3.05, 3.63) is 0 Å². The second-order valence-corrected chi connectivity index (χ2v) is 6.39. The van der Waals surface area contributed by atoms with Crippen molar-refractivity contribution in [1.29, 1.82) is 0 Å². The van der Waals surface area contributed by atoms with Crippen LogP contribution < -0.4 is 0 Å². The fourth-order valence-corrected chi connectivity index (χ4v) is 3.59. The Hall–Kier alpha value is 0.01000. The molecule has 1 unspecified atom stereocenters. The minimum absolute atomic E-state index is 0.444. The van der Waals surface area contributed by atoms with E-state index >= 15 is 0 Å². The van der Waals surface area contributed by atoms with Crippen molar-refractivity contribution >= 4 is 34.9 Å². The molecule has 92 valence electrons. The van der Waals surface area contributed by atoms with Crippen LogP contribution in [0.25, 0.3) is 0 Å². The summed E-state index contributed by atoms with van der Waals surface area (Å²) in [6.07, 6.45) is -6.89. The van der Waals surface area contributed by atoms with E-state index in [9.17, 15) is 13.2 Å². The maximum Gasteiger partial charge on any atom is 0.415 e. The third-order valence-electron chi connectivity index (χ3n) is 1.40. The number of alkyl halides is 3. The number of aromatic nitrogens is 2. The molecule has 0 amide bonds. The van der Waals surface area contributed by atoms with Gasteiger partial charge in [0.2, 0.25) is 0 Å². The predicted molar refractivity (Wildman–Crippen MR) is 59.1 cm³/mol. The molecule has 0 aliphatic rings. The molecule has 0 bridgehead atoms. The van der Waals surface area contributed by atoms with Gasteiger partial charge in [-0.2, -0.15) is 13.2 Å². The van der Waals surface area contributed by atoms with Crippen molar-refractivity contribution in [3.8, 4) is 0 Å². The Morgan fingerprint density at radius 2 is 1.88 bits per heavy atom. The summed E-state index contributed by atoms with van der Waals surface area (Å²) >= 11 is 3.58. The number of nitrogens with zero attached hydrogens (tertiary/aromatic N) is 2. The Kier molecular flexibility index (Phi) is 5.35. The highest BCUT2D eigenvalue weighted by Gasteiger charge is 2.38. The van der Waals surface area contributed by atoms with Crippen LogP contribution in [0.15, 0.2) is 8.68 Å². The molecule has 1 heterocycles. The molecule has 1 rings (SSSR count). The van der Waals surface area contributed by atoms with Gasteiger partial charge >= 0.3 is 6.18 Å². The lowest BCUT2D eigenvalue weighted by Gasteiger charge is -2.12. The lowest BCUT2D eigenvalue weighted by Crippen LogP contribution is -2.30. The van der Waals surface area contributed by atoms with Gasteiger partial charge in [0.1, 0.15) is 0 Å². The Bertz CT molecular complexity index is 331. The van der Waals surface area contributed by atoms with Crippen molar-refractivity contribution in [1.82, 2.24) is 10.2 Å². The summed E-state index contributed by atoms with van der Waals surface area (Å²) in [5, 5.41) is 16.3. The van der Waals surface area contributed by atoms with Crippen molar-refractivity contribution in [3.63, 3.8) is 0 Å². The highest BCUT2D eigenvalue weighted by molar-refractivity contribution is 8.03. The van der Waals surface area contributed by atoms with E-state index in [-0.39, 0.29) is 0 Å². The first-order valence-corrected chi connectivity index (χ1v) is 7.06. The van der Waals surface area contributed by atoms with Crippen LogP contribution in [0.3, 0.4) is 0 Å². The average Bonchev–Trinajstić information content (AvgIpc) is 2.61. The van der Waals surface area contributed by atoms with Gasteiger partial charge in [-0.25, -0.2) is 0 Å². The van der Waals surface area contributed by atoms with Gasteiger partial charge in [-0.1, -0.05) is 41.8 Å². The van der Waals surface area contributed by atoms with Gasteiger partial charge in [-0.05, 0) is 5.75 Å². The topological polar surface area (TPSA) is 46.0 Å². The van der Waals surface area contributed by atoms with Crippen LogP contribution in [-0.2, 0) is 0 Å². The summed E-state index contributed by atoms with van der Waals surface area (Å²) in [7, 11) is 0. The first kappa shape index (κ1) is 14.1. The number of halogens is 3. The van der Waals surface area contributed by atoms with Gasteiger partial charge < -0.3 is 5.11 Å². The van der Waals surface area contributed by atoms with Crippen LogP contribution in [0.1, 0.15) is 6.92 Å². The maximum absolute atomic E-state index is 12.0. The largest absolute Gasteiger partial charge is 0.415 e. The van der Waals surface area contributed by atoms with Crippen LogP contribution in [0.2, 0.25) is 0 Å². The average molecular weight is 290 g/mol. The van der Waals surface area contributed by atoms with Crippen molar-refractivity contribution in [2.75, 3.05) is 11.5 Å². The summed E-state index contributed by atoms with van der Waals surface area (Å²) in [6.45, 7) is 1.95.